The standard InChI is InChI=1S/C13H22N4O.2ClH/c1-11(17-9-5-8-16-17)12(18)15-10-13(14)6-3-2-4-7-13;;/h5,8-9,11H,2-4,6-7,10,14H2,1H3,(H,15,18);2*1H. The van der Waals surface area contributed by atoms with Crippen molar-refractivity contribution in [2.24, 2.45) is 5.73 Å². The molecular weight excluding hydrogens is 299 g/mol. The van der Waals surface area contributed by atoms with E-state index in [4.69, 9.17) is 5.73 Å². The molecule has 7 heteroatoms. The van der Waals surface area contributed by atoms with Crippen molar-refractivity contribution < 1.29 is 4.79 Å². The molecular formula is C13H24Cl2N4O. The SMILES string of the molecule is CC(C(=O)NCC1(N)CCCCC1)n1cccn1.Cl.Cl. The van der Waals surface area contributed by atoms with Crippen LogP contribution in [0.5, 0.6) is 0 Å². The molecule has 5 nitrogen and oxygen atoms in total. The zero-order valence-corrected chi connectivity index (χ0v) is 13.4. The highest BCUT2D eigenvalue weighted by molar-refractivity contribution is 5.85. The Bertz CT molecular complexity index is 391. The van der Waals surface area contributed by atoms with E-state index in [0.717, 1.165) is 12.8 Å². The molecule has 0 aliphatic heterocycles. The van der Waals surface area contributed by atoms with Crippen LogP contribution in [0.3, 0.4) is 0 Å². The molecule has 3 N–H and O–H groups in total. The molecule has 1 aliphatic carbocycles. The average molecular weight is 323 g/mol. The molecule has 0 spiro atoms. The number of hydrogen-bond acceptors (Lipinski definition) is 3. The fraction of sp³-hybridized carbons (Fsp3) is 0.692. The van der Waals surface area contributed by atoms with Gasteiger partial charge in [-0.1, -0.05) is 19.3 Å². The van der Waals surface area contributed by atoms with E-state index in [-0.39, 0.29) is 42.3 Å². The quantitative estimate of drug-likeness (QED) is 0.891. The van der Waals surface area contributed by atoms with Gasteiger partial charge < -0.3 is 11.1 Å². The molecule has 1 aromatic rings. The van der Waals surface area contributed by atoms with Crippen molar-refractivity contribution in [3.63, 3.8) is 0 Å². The lowest BCUT2D eigenvalue weighted by atomic mass is 9.82. The van der Waals surface area contributed by atoms with E-state index in [1.807, 2.05) is 13.0 Å². The average Bonchev–Trinajstić information content (AvgIpc) is 2.90. The first-order valence-electron chi connectivity index (χ1n) is 6.66. The summed E-state index contributed by atoms with van der Waals surface area (Å²) in [7, 11) is 0. The van der Waals surface area contributed by atoms with Crippen LogP contribution in [-0.4, -0.2) is 27.8 Å². The van der Waals surface area contributed by atoms with Crippen LogP contribution in [0.2, 0.25) is 0 Å². The van der Waals surface area contributed by atoms with Crippen LogP contribution in [0.1, 0.15) is 45.1 Å². The summed E-state index contributed by atoms with van der Waals surface area (Å²) in [5.74, 6) is -0.0194. The Morgan fingerprint density at radius 1 is 1.40 bits per heavy atom. The van der Waals surface area contributed by atoms with Crippen molar-refractivity contribution in [3.05, 3.63) is 18.5 Å². The van der Waals surface area contributed by atoms with Gasteiger partial charge in [0, 0.05) is 24.5 Å². The highest BCUT2D eigenvalue weighted by Gasteiger charge is 2.28. The van der Waals surface area contributed by atoms with E-state index in [1.165, 1.54) is 19.3 Å². The van der Waals surface area contributed by atoms with E-state index >= 15 is 0 Å². The maximum atomic E-state index is 12.0. The Labute approximate surface area is 132 Å². The number of rotatable bonds is 4. The highest BCUT2D eigenvalue weighted by atomic mass is 35.5. The molecule has 0 saturated heterocycles. The van der Waals surface area contributed by atoms with Gasteiger partial charge in [0.2, 0.25) is 5.91 Å². The molecule has 1 atom stereocenters. The first-order chi connectivity index (χ1) is 8.61. The second-order valence-corrected chi connectivity index (χ2v) is 5.30. The molecule has 0 radical (unpaired) electrons. The summed E-state index contributed by atoms with van der Waals surface area (Å²) in [6, 6.07) is 1.53. The molecule has 1 saturated carbocycles. The third-order valence-electron chi connectivity index (χ3n) is 3.77. The van der Waals surface area contributed by atoms with Crippen molar-refractivity contribution in [1.29, 1.82) is 0 Å². The smallest absolute Gasteiger partial charge is 0.244 e. The van der Waals surface area contributed by atoms with E-state index in [0.29, 0.717) is 6.54 Å². The second kappa shape index (κ2) is 8.49. The molecule has 1 heterocycles. The maximum absolute atomic E-state index is 12.0. The largest absolute Gasteiger partial charge is 0.352 e. The lowest BCUT2D eigenvalue weighted by Gasteiger charge is -2.33. The summed E-state index contributed by atoms with van der Waals surface area (Å²) < 4.78 is 1.65. The normalized spacial score (nSPS) is 18.3. The molecule has 20 heavy (non-hydrogen) atoms. The van der Waals surface area contributed by atoms with Crippen molar-refractivity contribution >= 4 is 30.7 Å². The minimum atomic E-state index is -0.285. The number of halogens is 2. The maximum Gasteiger partial charge on any atom is 0.244 e. The first-order valence-corrected chi connectivity index (χ1v) is 6.66. The van der Waals surface area contributed by atoms with Gasteiger partial charge in [-0.15, -0.1) is 24.8 Å². The highest BCUT2D eigenvalue weighted by Crippen LogP contribution is 2.25. The summed E-state index contributed by atoms with van der Waals surface area (Å²) in [6.45, 7) is 2.41. The van der Waals surface area contributed by atoms with E-state index in [2.05, 4.69) is 10.4 Å². The third-order valence-corrected chi connectivity index (χ3v) is 3.77. The Balaban J connectivity index is 0.00000180. The lowest BCUT2D eigenvalue weighted by Crippen LogP contribution is -2.52. The molecule has 1 aromatic heterocycles. The van der Waals surface area contributed by atoms with Crippen LogP contribution in [-0.2, 0) is 4.79 Å². The van der Waals surface area contributed by atoms with Gasteiger partial charge in [0.1, 0.15) is 6.04 Å². The zero-order chi connectivity index (χ0) is 13.0. The van der Waals surface area contributed by atoms with Crippen LogP contribution < -0.4 is 11.1 Å². The van der Waals surface area contributed by atoms with Crippen LogP contribution in [0.4, 0.5) is 0 Å². The van der Waals surface area contributed by atoms with Crippen molar-refractivity contribution in [3.8, 4) is 0 Å². The van der Waals surface area contributed by atoms with Crippen molar-refractivity contribution in [1.82, 2.24) is 15.1 Å². The fourth-order valence-electron chi connectivity index (χ4n) is 2.47. The molecule has 0 bridgehead atoms. The van der Waals surface area contributed by atoms with E-state index in [1.54, 1.807) is 17.1 Å². The Morgan fingerprint density at radius 3 is 2.60 bits per heavy atom. The van der Waals surface area contributed by atoms with Gasteiger partial charge in [0.15, 0.2) is 0 Å². The van der Waals surface area contributed by atoms with Gasteiger partial charge in [-0.25, -0.2) is 0 Å². The van der Waals surface area contributed by atoms with E-state index < -0.39 is 0 Å². The van der Waals surface area contributed by atoms with Crippen molar-refractivity contribution in [2.75, 3.05) is 6.54 Å². The van der Waals surface area contributed by atoms with Gasteiger partial charge in [-0.3, -0.25) is 9.48 Å². The predicted molar refractivity (Wildman–Crippen MR) is 84.4 cm³/mol. The van der Waals surface area contributed by atoms with Gasteiger partial charge in [-0.05, 0) is 25.8 Å². The molecule has 1 aliphatic rings. The minimum absolute atomic E-state index is 0. The van der Waals surface area contributed by atoms with Gasteiger partial charge in [0.25, 0.3) is 0 Å². The number of carbonyl (C=O) groups is 1. The topological polar surface area (TPSA) is 72.9 Å². The Morgan fingerprint density at radius 2 is 2.05 bits per heavy atom. The van der Waals surface area contributed by atoms with Crippen molar-refractivity contribution in [2.45, 2.75) is 50.6 Å². The number of nitrogens with two attached hydrogens (primary N) is 1. The van der Waals surface area contributed by atoms with Crippen LogP contribution in [0.25, 0.3) is 0 Å². The number of nitrogens with zero attached hydrogens (tertiary/aromatic N) is 2. The molecule has 1 fully saturated rings. The van der Waals surface area contributed by atoms with Crippen LogP contribution in [0.15, 0.2) is 18.5 Å². The Kier molecular flexibility index (Phi) is 8.16. The fourth-order valence-corrected chi connectivity index (χ4v) is 2.47. The molecule has 116 valence electrons. The predicted octanol–water partition coefficient (Wildman–Crippen LogP) is 2.07. The number of hydrogen-bond donors (Lipinski definition) is 2. The number of aromatic nitrogens is 2. The molecule has 2 rings (SSSR count). The summed E-state index contributed by atoms with van der Waals surface area (Å²) in [6.07, 6.45) is 9.07. The molecule has 1 amide bonds. The lowest BCUT2D eigenvalue weighted by molar-refractivity contribution is -0.124. The third kappa shape index (κ3) is 4.96. The Hall–Kier alpha value is -0.780. The summed E-state index contributed by atoms with van der Waals surface area (Å²) >= 11 is 0. The second-order valence-electron chi connectivity index (χ2n) is 5.30. The van der Waals surface area contributed by atoms with Gasteiger partial charge in [-0.2, -0.15) is 5.10 Å². The number of amides is 1. The van der Waals surface area contributed by atoms with Gasteiger partial charge in [0.05, 0.1) is 0 Å². The van der Waals surface area contributed by atoms with Gasteiger partial charge >= 0.3 is 0 Å². The first kappa shape index (κ1) is 19.2. The minimum Gasteiger partial charge on any atom is -0.352 e. The summed E-state index contributed by atoms with van der Waals surface area (Å²) in [5.41, 5.74) is 6.08. The summed E-state index contributed by atoms with van der Waals surface area (Å²) in [4.78, 5) is 12.0. The zero-order valence-electron chi connectivity index (χ0n) is 11.7. The van der Waals surface area contributed by atoms with Crippen LogP contribution in [0, 0.1) is 0 Å². The number of carbonyl (C=O) groups excluding carboxylic acids is 1. The molecule has 0 aromatic carbocycles. The molecule has 1 unspecified atom stereocenters. The number of nitrogens with one attached hydrogen (secondary N) is 1. The van der Waals surface area contributed by atoms with E-state index in [9.17, 15) is 4.79 Å². The monoisotopic (exact) mass is 322 g/mol. The van der Waals surface area contributed by atoms with Crippen LogP contribution >= 0.6 is 24.8 Å². The summed E-state index contributed by atoms with van der Waals surface area (Å²) in [5, 5.41) is 7.03.